The van der Waals surface area contributed by atoms with Gasteiger partial charge >= 0.3 is 0 Å². The van der Waals surface area contributed by atoms with Crippen LogP contribution in [0.1, 0.15) is 26.2 Å². The Labute approximate surface area is 109 Å². The summed E-state index contributed by atoms with van der Waals surface area (Å²) in [5.41, 5.74) is 1.06. The molecule has 0 fully saturated rings. The van der Waals surface area contributed by atoms with E-state index in [0.29, 0.717) is 19.4 Å². The van der Waals surface area contributed by atoms with Gasteiger partial charge in [0.2, 0.25) is 0 Å². The SMILES string of the molecule is C=C(CC)C[C@@H](O)CC#CCOc1ccccc1. The number of para-hydroxylation sites is 1. The van der Waals surface area contributed by atoms with Gasteiger partial charge in [0.05, 0.1) is 6.10 Å². The highest BCUT2D eigenvalue weighted by atomic mass is 16.5. The molecule has 2 nitrogen and oxygen atoms in total. The average Bonchev–Trinajstić information content (AvgIpc) is 2.39. The molecule has 0 spiro atoms. The molecule has 0 saturated heterocycles. The molecule has 0 aliphatic rings. The maximum atomic E-state index is 9.66. The number of hydrogen-bond donors (Lipinski definition) is 1. The maximum absolute atomic E-state index is 9.66. The fraction of sp³-hybridized carbons (Fsp3) is 0.375. The fourth-order valence-corrected chi connectivity index (χ4v) is 1.43. The molecular formula is C16H20O2. The molecule has 1 rings (SSSR count). The van der Waals surface area contributed by atoms with E-state index in [-0.39, 0.29) is 0 Å². The van der Waals surface area contributed by atoms with Gasteiger partial charge in [0.1, 0.15) is 12.4 Å². The number of benzene rings is 1. The van der Waals surface area contributed by atoms with Crippen LogP contribution in [0.2, 0.25) is 0 Å². The molecule has 0 heterocycles. The molecule has 96 valence electrons. The van der Waals surface area contributed by atoms with E-state index < -0.39 is 6.10 Å². The minimum Gasteiger partial charge on any atom is -0.481 e. The van der Waals surface area contributed by atoms with E-state index in [1.165, 1.54) is 0 Å². The van der Waals surface area contributed by atoms with E-state index in [9.17, 15) is 5.11 Å². The van der Waals surface area contributed by atoms with Crippen molar-refractivity contribution in [3.63, 3.8) is 0 Å². The fourth-order valence-electron chi connectivity index (χ4n) is 1.43. The van der Waals surface area contributed by atoms with Crippen LogP contribution < -0.4 is 4.74 Å². The van der Waals surface area contributed by atoms with Crippen LogP contribution in [0.25, 0.3) is 0 Å². The Morgan fingerprint density at radius 3 is 2.72 bits per heavy atom. The molecule has 0 bridgehead atoms. The Kier molecular flexibility index (Phi) is 6.68. The Bertz CT molecular complexity index is 412. The lowest BCUT2D eigenvalue weighted by Gasteiger charge is -2.07. The van der Waals surface area contributed by atoms with E-state index >= 15 is 0 Å². The van der Waals surface area contributed by atoms with Crippen molar-refractivity contribution in [2.75, 3.05) is 6.61 Å². The van der Waals surface area contributed by atoms with Gasteiger partial charge in [-0.3, -0.25) is 0 Å². The third kappa shape index (κ3) is 6.12. The molecule has 1 N–H and O–H groups in total. The first-order valence-corrected chi connectivity index (χ1v) is 6.20. The molecule has 1 aromatic carbocycles. The van der Waals surface area contributed by atoms with E-state index in [2.05, 4.69) is 18.4 Å². The Morgan fingerprint density at radius 2 is 2.06 bits per heavy atom. The summed E-state index contributed by atoms with van der Waals surface area (Å²) in [5.74, 6) is 6.62. The van der Waals surface area contributed by atoms with Crippen LogP contribution in [0, 0.1) is 11.8 Å². The van der Waals surface area contributed by atoms with Crippen molar-refractivity contribution in [1.29, 1.82) is 0 Å². The number of rotatable bonds is 6. The van der Waals surface area contributed by atoms with Crippen molar-refractivity contribution in [2.24, 2.45) is 0 Å². The summed E-state index contributed by atoms with van der Waals surface area (Å²) in [6, 6.07) is 9.56. The third-order valence-corrected chi connectivity index (χ3v) is 2.54. The van der Waals surface area contributed by atoms with E-state index in [1.54, 1.807) is 0 Å². The monoisotopic (exact) mass is 244 g/mol. The van der Waals surface area contributed by atoms with Gasteiger partial charge in [0.15, 0.2) is 0 Å². The number of aliphatic hydroxyl groups excluding tert-OH is 1. The van der Waals surface area contributed by atoms with Gasteiger partial charge in [-0.15, -0.1) is 0 Å². The summed E-state index contributed by atoms with van der Waals surface area (Å²) in [7, 11) is 0. The minimum atomic E-state index is -0.415. The van der Waals surface area contributed by atoms with Gasteiger partial charge in [-0.25, -0.2) is 0 Å². The van der Waals surface area contributed by atoms with Crippen LogP contribution in [-0.2, 0) is 0 Å². The third-order valence-electron chi connectivity index (χ3n) is 2.54. The second-order valence-electron chi connectivity index (χ2n) is 4.12. The van der Waals surface area contributed by atoms with Crippen molar-refractivity contribution in [3.05, 3.63) is 42.5 Å². The van der Waals surface area contributed by atoms with Crippen LogP contribution in [0.4, 0.5) is 0 Å². The van der Waals surface area contributed by atoms with E-state index in [0.717, 1.165) is 17.7 Å². The predicted octanol–water partition coefficient (Wildman–Crippen LogP) is 3.18. The van der Waals surface area contributed by atoms with E-state index in [1.807, 2.05) is 37.3 Å². The number of ether oxygens (including phenoxy) is 1. The summed E-state index contributed by atoms with van der Waals surface area (Å²) >= 11 is 0. The van der Waals surface area contributed by atoms with Crippen molar-refractivity contribution in [1.82, 2.24) is 0 Å². The van der Waals surface area contributed by atoms with Crippen molar-refractivity contribution < 1.29 is 9.84 Å². The average molecular weight is 244 g/mol. The van der Waals surface area contributed by atoms with Gasteiger partial charge in [0.25, 0.3) is 0 Å². The van der Waals surface area contributed by atoms with Crippen LogP contribution in [0.5, 0.6) is 5.75 Å². The molecule has 1 atom stereocenters. The molecule has 0 amide bonds. The Hall–Kier alpha value is -1.72. The topological polar surface area (TPSA) is 29.5 Å². The predicted molar refractivity (Wildman–Crippen MR) is 74.4 cm³/mol. The molecule has 0 aromatic heterocycles. The van der Waals surface area contributed by atoms with Crippen LogP contribution in [0.3, 0.4) is 0 Å². The molecular weight excluding hydrogens is 224 g/mol. The van der Waals surface area contributed by atoms with Crippen LogP contribution >= 0.6 is 0 Å². The molecule has 0 unspecified atom stereocenters. The second-order valence-corrected chi connectivity index (χ2v) is 4.12. The van der Waals surface area contributed by atoms with Crippen LogP contribution in [0.15, 0.2) is 42.5 Å². The number of aliphatic hydroxyl groups is 1. The molecule has 0 aliphatic carbocycles. The number of hydrogen-bond acceptors (Lipinski definition) is 2. The maximum Gasteiger partial charge on any atom is 0.149 e. The van der Waals surface area contributed by atoms with Crippen molar-refractivity contribution in [3.8, 4) is 17.6 Å². The zero-order valence-electron chi connectivity index (χ0n) is 10.9. The van der Waals surface area contributed by atoms with Gasteiger partial charge in [-0.1, -0.05) is 49.1 Å². The summed E-state index contributed by atoms with van der Waals surface area (Å²) in [4.78, 5) is 0. The lowest BCUT2D eigenvalue weighted by Crippen LogP contribution is -2.06. The summed E-state index contributed by atoms with van der Waals surface area (Å²) in [5, 5.41) is 9.66. The smallest absolute Gasteiger partial charge is 0.149 e. The Morgan fingerprint density at radius 1 is 1.33 bits per heavy atom. The zero-order chi connectivity index (χ0) is 13.2. The lowest BCUT2D eigenvalue weighted by atomic mass is 10.1. The quantitative estimate of drug-likeness (QED) is 0.615. The van der Waals surface area contributed by atoms with Gasteiger partial charge in [-0.2, -0.15) is 0 Å². The minimum absolute atomic E-state index is 0.353. The highest BCUT2D eigenvalue weighted by Crippen LogP contribution is 2.09. The largest absolute Gasteiger partial charge is 0.481 e. The highest BCUT2D eigenvalue weighted by Gasteiger charge is 2.02. The molecule has 18 heavy (non-hydrogen) atoms. The van der Waals surface area contributed by atoms with Gasteiger partial charge < -0.3 is 9.84 Å². The van der Waals surface area contributed by atoms with Gasteiger partial charge in [-0.05, 0) is 25.0 Å². The summed E-state index contributed by atoms with van der Waals surface area (Å²) in [6.45, 7) is 6.25. The highest BCUT2D eigenvalue weighted by molar-refractivity contribution is 5.21. The summed E-state index contributed by atoms with van der Waals surface area (Å²) in [6.07, 6.45) is 1.59. The molecule has 1 aromatic rings. The van der Waals surface area contributed by atoms with E-state index in [4.69, 9.17) is 4.74 Å². The standard InChI is InChI=1S/C16H20O2/c1-3-14(2)13-15(17)9-7-8-12-18-16-10-5-4-6-11-16/h4-6,10-11,15,17H,2-3,9,12-13H2,1H3/t15-/m0/s1. The van der Waals surface area contributed by atoms with Crippen molar-refractivity contribution in [2.45, 2.75) is 32.3 Å². The normalized spacial score (nSPS) is 11.2. The first kappa shape index (κ1) is 14.3. The first-order valence-electron chi connectivity index (χ1n) is 6.20. The zero-order valence-corrected chi connectivity index (χ0v) is 10.9. The Balaban J connectivity index is 2.20. The molecule has 0 aliphatic heterocycles. The van der Waals surface area contributed by atoms with Gasteiger partial charge in [0, 0.05) is 6.42 Å². The summed E-state index contributed by atoms with van der Waals surface area (Å²) < 4.78 is 5.42. The lowest BCUT2D eigenvalue weighted by molar-refractivity contribution is 0.180. The molecule has 2 heteroatoms. The molecule has 0 radical (unpaired) electrons. The van der Waals surface area contributed by atoms with Crippen LogP contribution in [-0.4, -0.2) is 17.8 Å². The molecule has 0 saturated carbocycles. The van der Waals surface area contributed by atoms with Crippen molar-refractivity contribution >= 4 is 0 Å². The second kappa shape index (κ2) is 8.38. The first-order chi connectivity index (χ1) is 8.72.